The van der Waals surface area contributed by atoms with Crippen molar-refractivity contribution in [2.24, 2.45) is 7.05 Å². The summed E-state index contributed by atoms with van der Waals surface area (Å²) < 4.78 is 3.68. The van der Waals surface area contributed by atoms with Crippen molar-refractivity contribution >= 4 is 0 Å². The molecule has 0 aliphatic carbocycles. The molecule has 1 N–H and O–H groups in total. The lowest BCUT2D eigenvalue weighted by atomic mass is 10.4. The van der Waals surface area contributed by atoms with E-state index in [1.165, 1.54) is 0 Å². The minimum Gasteiger partial charge on any atom is -1.00 e. The van der Waals surface area contributed by atoms with Crippen LogP contribution in [-0.2, 0) is 7.05 Å². The van der Waals surface area contributed by atoms with E-state index in [1.54, 1.807) is 4.57 Å². The van der Waals surface area contributed by atoms with Gasteiger partial charge in [0.1, 0.15) is 12.4 Å². The van der Waals surface area contributed by atoms with E-state index in [4.69, 9.17) is 0 Å². The first-order valence-corrected chi connectivity index (χ1v) is 3.45. The Bertz CT molecular complexity index is 212. The van der Waals surface area contributed by atoms with Crippen LogP contribution >= 0.6 is 0 Å². The van der Waals surface area contributed by atoms with E-state index in [2.05, 4.69) is 0 Å². The number of imidazole rings is 1. The molecular formula is C7H13ClN2O. The zero-order chi connectivity index (χ0) is 7.56. The third-order valence-electron chi connectivity index (χ3n) is 1.50. The predicted octanol–water partition coefficient (Wildman–Crippen LogP) is -2.78. The summed E-state index contributed by atoms with van der Waals surface area (Å²) in [6, 6.07) is 0. The molecule has 0 radical (unpaired) electrons. The van der Waals surface area contributed by atoms with Crippen LogP contribution in [0.4, 0.5) is 0 Å². The van der Waals surface area contributed by atoms with Crippen molar-refractivity contribution in [1.82, 2.24) is 4.57 Å². The highest BCUT2D eigenvalue weighted by atomic mass is 35.5. The van der Waals surface area contributed by atoms with E-state index >= 15 is 0 Å². The first-order chi connectivity index (χ1) is 4.74. The summed E-state index contributed by atoms with van der Waals surface area (Å²) in [6.45, 7) is 1.95. The number of hydrogen-bond acceptors (Lipinski definition) is 1. The molecule has 1 aromatic heterocycles. The lowest BCUT2D eigenvalue weighted by Gasteiger charge is -2.00. The SMILES string of the molecule is CCC(O)[n+]1ccn(C)c1.[Cl-]. The van der Waals surface area contributed by atoms with E-state index in [0.29, 0.717) is 0 Å². The Morgan fingerprint density at radius 2 is 2.27 bits per heavy atom. The van der Waals surface area contributed by atoms with Crippen LogP contribution in [0.15, 0.2) is 18.7 Å². The molecule has 0 fully saturated rings. The molecule has 1 aromatic rings. The Morgan fingerprint density at radius 3 is 2.64 bits per heavy atom. The van der Waals surface area contributed by atoms with Crippen molar-refractivity contribution in [3.63, 3.8) is 0 Å². The molecule has 0 saturated carbocycles. The molecule has 4 heteroatoms. The molecule has 0 saturated heterocycles. The lowest BCUT2D eigenvalue weighted by Crippen LogP contribution is -3.00. The molecule has 1 rings (SSSR count). The van der Waals surface area contributed by atoms with Gasteiger partial charge in [-0.1, -0.05) is 6.92 Å². The quantitative estimate of drug-likeness (QED) is 0.486. The van der Waals surface area contributed by atoms with Crippen molar-refractivity contribution in [1.29, 1.82) is 0 Å². The molecule has 0 amide bonds. The average Bonchev–Trinajstić information content (AvgIpc) is 2.34. The number of aliphatic hydroxyl groups is 1. The minimum atomic E-state index is -0.374. The van der Waals surface area contributed by atoms with Gasteiger partial charge in [0.05, 0.1) is 7.05 Å². The average molecular weight is 177 g/mol. The fourth-order valence-corrected chi connectivity index (χ4v) is 0.857. The monoisotopic (exact) mass is 176 g/mol. The Labute approximate surface area is 72.7 Å². The smallest absolute Gasteiger partial charge is 0.245 e. The maximum Gasteiger partial charge on any atom is 0.245 e. The van der Waals surface area contributed by atoms with Crippen molar-refractivity contribution in [2.45, 2.75) is 19.6 Å². The maximum atomic E-state index is 9.29. The van der Waals surface area contributed by atoms with Crippen molar-refractivity contribution < 1.29 is 22.1 Å². The number of aromatic nitrogens is 2. The van der Waals surface area contributed by atoms with Gasteiger partial charge in [-0.15, -0.1) is 0 Å². The Kier molecular flexibility index (Phi) is 4.15. The van der Waals surface area contributed by atoms with Crippen LogP contribution in [0.1, 0.15) is 19.6 Å². The standard InChI is InChI=1S/C7H13N2O.ClH/c1-3-7(10)9-5-4-8(2)6-9;/h4-7,10H,3H2,1-2H3;1H/q+1;/p-1. The van der Waals surface area contributed by atoms with Crippen molar-refractivity contribution in [3.8, 4) is 0 Å². The zero-order valence-corrected chi connectivity index (χ0v) is 7.49. The minimum absolute atomic E-state index is 0. The van der Waals surface area contributed by atoms with Gasteiger partial charge in [-0.05, 0) is 0 Å². The van der Waals surface area contributed by atoms with Crippen LogP contribution in [0.5, 0.6) is 0 Å². The summed E-state index contributed by atoms with van der Waals surface area (Å²) in [5.74, 6) is 0. The highest BCUT2D eigenvalue weighted by Gasteiger charge is 2.07. The van der Waals surface area contributed by atoms with Crippen LogP contribution in [0.2, 0.25) is 0 Å². The number of rotatable bonds is 2. The summed E-state index contributed by atoms with van der Waals surface area (Å²) in [6.07, 6.45) is 5.98. The van der Waals surface area contributed by atoms with E-state index in [-0.39, 0.29) is 18.6 Å². The van der Waals surface area contributed by atoms with Crippen LogP contribution in [0, 0.1) is 0 Å². The molecule has 11 heavy (non-hydrogen) atoms. The summed E-state index contributed by atoms with van der Waals surface area (Å²) in [4.78, 5) is 0. The zero-order valence-electron chi connectivity index (χ0n) is 6.74. The molecule has 0 spiro atoms. The fourth-order valence-electron chi connectivity index (χ4n) is 0.857. The molecule has 3 nitrogen and oxygen atoms in total. The highest BCUT2D eigenvalue weighted by Crippen LogP contribution is 1.94. The summed E-state index contributed by atoms with van der Waals surface area (Å²) in [5, 5.41) is 9.29. The van der Waals surface area contributed by atoms with E-state index in [0.717, 1.165) is 6.42 Å². The van der Waals surface area contributed by atoms with Crippen molar-refractivity contribution in [2.75, 3.05) is 0 Å². The van der Waals surface area contributed by atoms with Gasteiger partial charge in [-0.2, -0.15) is 0 Å². The third kappa shape index (κ3) is 2.52. The topological polar surface area (TPSA) is 29.0 Å². The van der Waals surface area contributed by atoms with Gasteiger partial charge in [-0.3, -0.25) is 0 Å². The molecule has 0 aromatic carbocycles. The van der Waals surface area contributed by atoms with Gasteiger partial charge < -0.3 is 17.5 Å². The van der Waals surface area contributed by atoms with Gasteiger partial charge in [0.15, 0.2) is 6.23 Å². The number of hydrogen-bond donors (Lipinski definition) is 1. The molecule has 0 bridgehead atoms. The summed E-state index contributed by atoms with van der Waals surface area (Å²) in [7, 11) is 1.93. The molecule has 0 aliphatic rings. The second-order valence-corrected chi connectivity index (χ2v) is 2.42. The number of nitrogens with zero attached hydrogens (tertiary/aromatic N) is 2. The first-order valence-electron chi connectivity index (χ1n) is 3.45. The summed E-state index contributed by atoms with van der Waals surface area (Å²) >= 11 is 0. The molecule has 1 heterocycles. The van der Waals surface area contributed by atoms with Gasteiger partial charge in [-0.25, -0.2) is 9.13 Å². The van der Waals surface area contributed by atoms with E-state index in [1.807, 2.05) is 37.3 Å². The number of aryl methyl sites for hydroxylation is 1. The second kappa shape index (κ2) is 4.36. The molecule has 0 aliphatic heterocycles. The van der Waals surface area contributed by atoms with Gasteiger partial charge in [0.25, 0.3) is 0 Å². The molecule has 1 unspecified atom stereocenters. The second-order valence-electron chi connectivity index (χ2n) is 2.42. The van der Waals surface area contributed by atoms with Gasteiger partial charge >= 0.3 is 0 Å². The van der Waals surface area contributed by atoms with Crippen molar-refractivity contribution in [3.05, 3.63) is 18.7 Å². The molecule has 1 atom stereocenters. The maximum absolute atomic E-state index is 9.29. The van der Waals surface area contributed by atoms with Gasteiger partial charge in [0, 0.05) is 6.42 Å². The normalized spacial score (nSPS) is 12.3. The van der Waals surface area contributed by atoms with Gasteiger partial charge in [0.2, 0.25) is 6.33 Å². The number of halogens is 1. The molecule has 64 valence electrons. The highest BCUT2D eigenvalue weighted by molar-refractivity contribution is 4.62. The Hall–Kier alpha value is -0.540. The predicted molar refractivity (Wildman–Crippen MR) is 37.2 cm³/mol. The van der Waals surface area contributed by atoms with E-state index in [9.17, 15) is 5.11 Å². The molecular weight excluding hydrogens is 164 g/mol. The third-order valence-corrected chi connectivity index (χ3v) is 1.50. The number of aliphatic hydroxyl groups excluding tert-OH is 1. The Morgan fingerprint density at radius 1 is 1.64 bits per heavy atom. The van der Waals surface area contributed by atoms with E-state index < -0.39 is 0 Å². The largest absolute Gasteiger partial charge is 1.00 e. The summed E-state index contributed by atoms with van der Waals surface area (Å²) in [5.41, 5.74) is 0. The van der Waals surface area contributed by atoms with Crippen LogP contribution in [-0.4, -0.2) is 9.67 Å². The lowest BCUT2D eigenvalue weighted by molar-refractivity contribution is -0.759. The Balaban J connectivity index is 0.000001000. The van der Waals surface area contributed by atoms with Crippen LogP contribution in [0.25, 0.3) is 0 Å². The fraction of sp³-hybridized carbons (Fsp3) is 0.571. The van der Waals surface area contributed by atoms with Crippen LogP contribution < -0.4 is 17.0 Å². The van der Waals surface area contributed by atoms with Crippen LogP contribution in [0.3, 0.4) is 0 Å². The first kappa shape index (κ1) is 10.5.